The maximum atomic E-state index is 4.78. The van der Waals surface area contributed by atoms with E-state index in [2.05, 4.69) is 25.3 Å². The maximum Gasteiger partial charge on any atom is 0.177 e. The van der Waals surface area contributed by atoms with Crippen molar-refractivity contribution in [3.63, 3.8) is 0 Å². The van der Waals surface area contributed by atoms with E-state index in [1.807, 2.05) is 19.9 Å². The molecule has 0 aromatic carbocycles. The molecule has 1 N–H and O–H groups in total. The number of hydrogen-bond acceptors (Lipinski definition) is 5. The number of aromatic nitrogens is 5. The average molecular weight is 241 g/mol. The zero-order valence-electron chi connectivity index (χ0n) is 10.0. The zero-order valence-corrected chi connectivity index (χ0v) is 10.0. The van der Waals surface area contributed by atoms with Crippen molar-refractivity contribution in [3.8, 4) is 22.9 Å². The van der Waals surface area contributed by atoms with Crippen LogP contribution >= 0.6 is 0 Å². The number of aromatic amines is 1. The highest BCUT2D eigenvalue weighted by molar-refractivity contribution is 5.61. The Morgan fingerprint density at radius 3 is 2.83 bits per heavy atom. The van der Waals surface area contributed by atoms with Gasteiger partial charge >= 0.3 is 0 Å². The maximum absolute atomic E-state index is 4.78. The third kappa shape index (κ3) is 1.77. The van der Waals surface area contributed by atoms with Gasteiger partial charge in [-0.15, -0.1) is 0 Å². The normalized spacial score (nSPS) is 10.8. The molecule has 90 valence electrons. The van der Waals surface area contributed by atoms with Crippen LogP contribution in [0.1, 0.15) is 11.3 Å². The van der Waals surface area contributed by atoms with Crippen LogP contribution in [0.2, 0.25) is 0 Å². The molecule has 3 aromatic heterocycles. The van der Waals surface area contributed by atoms with Gasteiger partial charge in [0.15, 0.2) is 5.82 Å². The van der Waals surface area contributed by atoms with Crippen molar-refractivity contribution in [3.05, 3.63) is 35.9 Å². The van der Waals surface area contributed by atoms with Crippen LogP contribution in [-0.2, 0) is 0 Å². The first kappa shape index (κ1) is 10.6. The molecule has 0 aliphatic heterocycles. The predicted octanol–water partition coefficient (Wildman–Crippen LogP) is 2.14. The highest BCUT2D eigenvalue weighted by Gasteiger charge is 2.10. The minimum absolute atomic E-state index is 0.625. The SMILES string of the molecule is Cc1cnc(-c2cc(-c3ccon3)n[nH]2)nc1C. The van der Waals surface area contributed by atoms with E-state index in [9.17, 15) is 0 Å². The molecule has 0 saturated carbocycles. The molecule has 3 rings (SSSR count). The fourth-order valence-corrected chi connectivity index (χ4v) is 1.57. The third-order valence-electron chi connectivity index (χ3n) is 2.74. The first-order chi connectivity index (χ1) is 8.74. The lowest BCUT2D eigenvalue weighted by Crippen LogP contribution is -1.94. The second-order valence-electron chi connectivity index (χ2n) is 4.01. The lowest BCUT2D eigenvalue weighted by molar-refractivity contribution is 0.422. The van der Waals surface area contributed by atoms with Gasteiger partial charge in [0.1, 0.15) is 23.3 Å². The van der Waals surface area contributed by atoms with E-state index in [0.717, 1.165) is 17.0 Å². The lowest BCUT2D eigenvalue weighted by atomic mass is 10.2. The fourth-order valence-electron chi connectivity index (χ4n) is 1.57. The average Bonchev–Trinajstić information content (AvgIpc) is 3.01. The van der Waals surface area contributed by atoms with Crippen molar-refractivity contribution in [2.45, 2.75) is 13.8 Å². The van der Waals surface area contributed by atoms with Crippen molar-refractivity contribution < 1.29 is 4.52 Å². The number of nitrogens with zero attached hydrogens (tertiary/aromatic N) is 4. The Balaban J connectivity index is 2.00. The summed E-state index contributed by atoms with van der Waals surface area (Å²) in [6, 6.07) is 3.60. The van der Waals surface area contributed by atoms with Gasteiger partial charge in [0.25, 0.3) is 0 Å². The number of H-pyrrole nitrogens is 1. The Labute approximate surface area is 103 Å². The monoisotopic (exact) mass is 241 g/mol. The van der Waals surface area contributed by atoms with Crippen molar-refractivity contribution >= 4 is 0 Å². The Morgan fingerprint density at radius 1 is 1.22 bits per heavy atom. The molecule has 0 aliphatic rings. The minimum Gasteiger partial charge on any atom is -0.364 e. The lowest BCUT2D eigenvalue weighted by Gasteiger charge is -2.00. The van der Waals surface area contributed by atoms with Gasteiger partial charge in [0.05, 0.1) is 0 Å². The predicted molar refractivity (Wildman–Crippen MR) is 64.6 cm³/mol. The highest BCUT2D eigenvalue weighted by Crippen LogP contribution is 2.20. The van der Waals surface area contributed by atoms with Gasteiger partial charge in [0.2, 0.25) is 0 Å². The molecule has 6 nitrogen and oxygen atoms in total. The molecule has 0 amide bonds. The van der Waals surface area contributed by atoms with Gasteiger partial charge in [-0.1, -0.05) is 5.16 Å². The first-order valence-corrected chi connectivity index (χ1v) is 5.51. The number of rotatable bonds is 2. The molecule has 0 aliphatic carbocycles. The quantitative estimate of drug-likeness (QED) is 0.743. The molecule has 18 heavy (non-hydrogen) atoms. The van der Waals surface area contributed by atoms with Gasteiger partial charge < -0.3 is 4.52 Å². The van der Waals surface area contributed by atoms with Crippen LogP contribution in [0.4, 0.5) is 0 Å². The summed E-state index contributed by atoms with van der Waals surface area (Å²) < 4.78 is 4.78. The summed E-state index contributed by atoms with van der Waals surface area (Å²) in [6.45, 7) is 3.93. The van der Waals surface area contributed by atoms with Crippen LogP contribution in [0.25, 0.3) is 22.9 Å². The summed E-state index contributed by atoms with van der Waals surface area (Å²) in [6.07, 6.45) is 3.31. The summed E-state index contributed by atoms with van der Waals surface area (Å²) in [5, 5.41) is 10.9. The Bertz CT molecular complexity index is 672. The standard InChI is InChI=1S/C12H11N5O/c1-7-6-13-12(14-8(7)2)11-5-10(15-16-11)9-3-4-18-17-9/h3-6H,1-2H3,(H,15,16). The van der Waals surface area contributed by atoms with Crippen molar-refractivity contribution in [2.75, 3.05) is 0 Å². The van der Waals surface area contributed by atoms with Gasteiger partial charge in [-0.25, -0.2) is 9.97 Å². The molecule has 3 aromatic rings. The first-order valence-electron chi connectivity index (χ1n) is 5.51. The van der Waals surface area contributed by atoms with E-state index < -0.39 is 0 Å². The fraction of sp³-hybridized carbons (Fsp3) is 0.167. The molecule has 0 unspecified atom stereocenters. The van der Waals surface area contributed by atoms with E-state index in [1.165, 1.54) is 6.26 Å². The van der Waals surface area contributed by atoms with E-state index >= 15 is 0 Å². The molecule has 0 atom stereocenters. The Morgan fingerprint density at radius 2 is 2.11 bits per heavy atom. The van der Waals surface area contributed by atoms with Crippen LogP contribution in [0.15, 0.2) is 29.1 Å². The van der Waals surface area contributed by atoms with Crippen LogP contribution in [0, 0.1) is 13.8 Å². The molecule has 0 saturated heterocycles. The Hall–Kier alpha value is -2.50. The molecular formula is C12H11N5O. The molecule has 0 fully saturated rings. The van der Waals surface area contributed by atoms with Crippen molar-refractivity contribution in [2.24, 2.45) is 0 Å². The van der Waals surface area contributed by atoms with Gasteiger partial charge in [-0.05, 0) is 25.5 Å². The molecule has 0 radical (unpaired) electrons. The smallest absolute Gasteiger partial charge is 0.177 e. The zero-order chi connectivity index (χ0) is 12.5. The largest absolute Gasteiger partial charge is 0.364 e. The van der Waals surface area contributed by atoms with Crippen molar-refractivity contribution in [1.29, 1.82) is 0 Å². The molecule has 0 spiro atoms. The van der Waals surface area contributed by atoms with Gasteiger partial charge in [-0.2, -0.15) is 5.10 Å². The highest BCUT2D eigenvalue weighted by atomic mass is 16.5. The minimum atomic E-state index is 0.625. The Kier molecular flexibility index (Phi) is 2.40. The van der Waals surface area contributed by atoms with Crippen molar-refractivity contribution in [1.82, 2.24) is 25.3 Å². The van der Waals surface area contributed by atoms with Crippen LogP contribution < -0.4 is 0 Å². The van der Waals surface area contributed by atoms with Crippen LogP contribution in [-0.4, -0.2) is 25.3 Å². The summed E-state index contributed by atoms with van der Waals surface area (Å²) >= 11 is 0. The topological polar surface area (TPSA) is 80.5 Å². The second-order valence-corrected chi connectivity index (χ2v) is 4.01. The number of aryl methyl sites for hydroxylation is 2. The van der Waals surface area contributed by atoms with Crippen LogP contribution in [0.3, 0.4) is 0 Å². The molecule has 0 bridgehead atoms. The summed E-state index contributed by atoms with van der Waals surface area (Å²) in [5.74, 6) is 0.625. The number of nitrogens with one attached hydrogen (secondary N) is 1. The molecule has 6 heteroatoms. The molecular weight excluding hydrogens is 230 g/mol. The summed E-state index contributed by atoms with van der Waals surface area (Å²) in [5.41, 5.74) is 4.17. The van der Waals surface area contributed by atoms with E-state index in [-0.39, 0.29) is 0 Å². The number of hydrogen-bond donors (Lipinski definition) is 1. The van der Waals surface area contributed by atoms with E-state index in [0.29, 0.717) is 17.2 Å². The van der Waals surface area contributed by atoms with Gasteiger partial charge in [-0.3, -0.25) is 5.10 Å². The van der Waals surface area contributed by atoms with E-state index in [4.69, 9.17) is 4.52 Å². The third-order valence-corrected chi connectivity index (χ3v) is 2.74. The summed E-state index contributed by atoms with van der Waals surface area (Å²) in [7, 11) is 0. The van der Waals surface area contributed by atoms with Gasteiger partial charge in [0, 0.05) is 18.0 Å². The van der Waals surface area contributed by atoms with Crippen LogP contribution in [0.5, 0.6) is 0 Å². The summed E-state index contributed by atoms with van der Waals surface area (Å²) in [4.78, 5) is 8.69. The van der Waals surface area contributed by atoms with E-state index in [1.54, 1.807) is 12.3 Å². The molecule has 3 heterocycles. The second kappa shape index (κ2) is 4.06.